The normalized spacial score (nSPS) is 12.8. The standard InChI is InChI=1S/C10H15N3S/c1-8(10(11)14)13(2)7-9-5-3-4-6-12-9/h3-6,8H,7H2,1-2H3,(H2,11,14). The number of hydrogen-bond acceptors (Lipinski definition) is 3. The second-order valence-corrected chi connectivity index (χ2v) is 3.79. The van der Waals surface area contributed by atoms with Crippen LogP contribution in [0, 0.1) is 0 Å². The Balaban J connectivity index is 2.57. The molecule has 4 heteroatoms. The van der Waals surface area contributed by atoms with Crippen LogP contribution in [0.2, 0.25) is 0 Å². The van der Waals surface area contributed by atoms with E-state index in [1.807, 2.05) is 32.2 Å². The second-order valence-electron chi connectivity index (χ2n) is 3.31. The first-order valence-electron chi connectivity index (χ1n) is 4.50. The van der Waals surface area contributed by atoms with E-state index in [1.165, 1.54) is 0 Å². The van der Waals surface area contributed by atoms with Crippen LogP contribution in [0.4, 0.5) is 0 Å². The molecule has 0 saturated carbocycles. The van der Waals surface area contributed by atoms with Crippen LogP contribution in [0.25, 0.3) is 0 Å². The van der Waals surface area contributed by atoms with E-state index >= 15 is 0 Å². The average Bonchev–Trinajstić information content (AvgIpc) is 2.18. The van der Waals surface area contributed by atoms with Gasteiger partial charge in [0.1, 0.15) is 0 Å². The quantitative estimate of drug-likeness (QED) is 0.756. The SMILES string of the molecule is CC(C(N)=S)N(C)Cc1ccccn1. The van der Waals surface area contributed by atoms with Crippen LogP contribution in [-0.2, 0) is 6.54 Å². The molecule has 0 bridgehead atoms. The average molecular weight is 209 g/mol. The van der Waals surface area contributed by atoms with Crippen LogP contribution in [0.5, 0.6) is 0 Å². The molecule has 0 amide bonds. The second kappa shape index (κ2) is 5.02. The molecule has 1 heterocycles. The monoisotopic (exact) mass is 209 g/mol. The molecule has 3 nitrogen and oxygen atoms in total. The molecular weight excluding hydrogens is 194 g/mol. The Morgan fingerprint density at radius 1 is 1.64 bits per heavy atom. The highest BCUT2D eigenvalue weighted by molar-refractivity contribution is 7.80. The van der Waals surface area contributed by atoms with Crippen molar-refractivity contribution in [3.63, 3.8) is 0 Å². The van der Waals surface area contributed by atoms with Crippen LogP contribution in [0.1, 0.15) is 12.6 Å². The fourth-order valence-corrected chi connectivity index (χ4v) is 1.28. The van der Waals surface area contributed by atoms with Crippen molar-refractivity contribution >= 4 is 17.2 Å². The lowest BCUT2D eigenvalue weighted by Crippen LogP contribution is -2.38. The summed E-state index contributed by atoms with van der Waals surface area (Å²) in [5, 5.41) is 0. The number of nitrogens with two attached hydrogens (primary N) is 1. The minimum atomic E-state index is 0.104. The maximum Gasteiger partial charge on any atom is 0.0899 e. The van der Waals surface area contributed by atoms with Crippen molar-refractivity contribution in [2.24, 2.45) is 5.73 Å². The summed E-state index contributed by atoms with van der Waals surface area (Å²) in [7, 11) is 1.98. The zero-order valence-corrected chi connectivity index (χ0v) is 9.29. The molecule has 0 aliphatic carbocycles. The van der Waals surface area contributed by atoms with Gasteiger partial charge < -0.3 is 5.73 Å². The summed E-state index contributed by atoms with van der Waals surface area (Å²) in [6.07, 6.45) is 1.79. The van der Waals surface area contributed by atoms with Crippen LogP contribution in [-0.4, -0.2) is 28.0 Å². The molecule has 0 saturated heterocycles. The first kappa shape index (κ1) is 11.1. The highest BCUT2D eigenvalue weighted by Gasteiger charge is 2.11. The molecule has 1 atom stereocenters. The van der Waals surface area contributed by atoms with Gasteiger partial charge in [-0.25, -0.2) is 0 Å². The zero-order chi connectivity index (χ0) is 10.6. The summed E-state index contributed by atoms with van der Waals surface area (Å²) < 4.78 is 0. The summed E-state index contributed by atoms with van der Waals surface area (Å²) in [4.78, 5) is 6.83. The largest absolute Gasteiger partial charge is 0.392 e. The van der Waals surface area contributed by atoms with Crippen molar-refractivity contribution in [1.82, 2.24) is 9.88 Å². The maximum atomic E-state index is 5.56. The molecule has 76 valence electrons. The predicted molar refractivity (Wildman–Crippen MR) is 62.0 cm³/mol. The number of pyridine rings is 1. The number of aromatic nitrogens is 1. The lowest BCUT2D eigenvalue weighted by molar-refractivity contribution is 0.300. The smallest absolute Gasteiger partial charge is 0.0899 e. The minimum absolute atomic E-state index is 0.104. The van der Waals surface area contributed by atoms with Crippen LogP contribution in [0.3, 0.4) is 0 Å². The summed E-state index contributed by atoms with van der Waals surface area (Å²) >= 11 is 4.93. The molecule has 0 aliphatic heterocycles. The Hall–Kier alpha value is -1.00. The predicted octanol–water partition coefficient (Wildman–Crippen LogP) is 1.19. The van der Waals surface area contributed by atoms with Gasteiger partial charge in [0, 0.05) is 12.7 Å². The Morgan fingerprint density at radius 3 is 2.86 bits per heavy atom. The molecule has 1 aromatic heterocycles. The van der Waals surface area contributed by atoms with Crippen molar-refractivity contribution in [1.29, 1.82) is 0 Å². The van der Waals surface area contributed by atoms with E-state index in [2.05, 4.69) is 9.88 Å². The fourth-order valence-electron chi connectivity index (χ4n) is 1.10. The highest BCUT2D eigenvalue weighted by Crippen LogP contribution is 2.03. The van der Waals surface area contributed by atoms with Gasteiger partial charge in [-0.15, -0.1) is 0 Å². The highest BCUT2D eigenvalue weighted by atomic mass is 32.1. The molecule has 14 heavy (non-hydrogen) atoms. The Morgan fingerprint density at radius 2 is 2.36 bits per heavy atom. The van der Waals surface area contributed by atoms with Crippen molar-refractivity contribution < 1.29 is 0 Å². The molecule has 2 N–H and O–H groups in total. The third-order valence-electron chi connectivity index (χ3n) is 2.21. The van der Waals surface area contributed by atoms with Gasteiger partial charge in [0.2, 0.25) is 0 Å². The van der Waals surface area contributed by atoms with E-state index in [9.17, 15) is 0 Å². The molecule has 1 unspecified atom stereocenters. The van der Waals surface area contributed by atoms with Crippen LogP contribution < -0.4 is 5.73 Å². The van der Waals surface area contributed by atoms with Crippen LogP contribution in [0.15, 0.2) is 24.4 Å². The third kappa shape index (κ3) is 3.05. The van der Waals surface area contributed by atoms with Crippen molar-refractivity contribution in [3.05, 3.63) is 30.1 Å². The first-order valence-corrected chi connectivity index (χ1v) is 4.91. The number of nitrogens with zero attached hydrogens (tertiary/aromatic N) is 2. The third-order valence-corrected chi connectivity index (χ3v) is 2.55. The molecule has 0 fully saturated rings. The van der Waals surface area contributed by atoms with Gasteiger partial charge in [0.15, 0.2) is 0 Å². The summed E-state index contributed by atoms with van der Waals surface area (Å²) in [6.45, 7) is 2.75. The lowest BCUT2D eigenvalue weighted by Gasteiger charge is -2.22. The van der Waals surface area contributed by atoms with Gasteiger partial charge >= 0.3 is 0 Å². The summed E-state index contributed by atoms with van der Waals surface area (Å²) in [6, 6.07) is 5.97. The van der Waals surface area contributed by atoms with Crippen molar-refractivity contribution in [2.45, 2.75) is 19.5 Å². The number of likely N-dealkylation sites (N-methyl/N-ethyl adjacent to an activating group) is 1. The van der Waals surface area contributed by atoms with E-state index in [0.717, 1.165) is 12.2 Å². The van der Waals surface area contributed by atoms with E-state index in [-0.39, 0.29) is 6.04 Å². The maximum absolute atomic E-state index is 5.56. The fraction of sp³-hybridized carbons (Fsp3) is 0.400. The molecule has 0 aromatic carbocycles. The lowest BCUT2D eigenvalue weighted by atomic mass is 10.2. The Bertz CT molecular complexity index is 299. The van der Waals surface area contributed by atoms with E-state index in [1.54, 1.807) is 6.20 Å². The zero-order valence-electron chi connectivity index (χ0n) is 8.47. The summed E-state index contributed by atoms with van der Waals surface area (Å²) in [5.74, 6) is 0. The molecule has 1 rings (SSSR count). The van der Waals surface area contributed by atoms with Gasteiger partial charge in [0.25, 0.3) is 0 Å². The summed E-state index contributed by atoms with van der Waals surface area (Å²) in [5.41, 5.74) is 6.59. The molecule has 0 radical (unpaired) electrons. The molecular formula is C10H15N3S. The van der Waals surface area contributed by atoms with Crippen molar-refractivity contribution in [2.75, 3.05) is 7.05 Å². The Labute approximate surface area is 89.9 Å². The van der Waals surface area contributed by atoms with Gasteiger partial charge in [-0.2, -0.15) is 0 Å². The van der Waals surface area contributed by atoms with Gasteiger partial charge in [-0.3, -0.25) is 9.88 Å². The first-order chi connectivity index (χ1) is 6.61. The van der Waals surface area contributed by atoms with E-state index < -0.39 is 0 Å². The van der Waals surface area contributed by atoms with E-state index in [4.69, 9.17) is 18.0 Å². The number of thiocarbonyl (C=S) groups is 1. The van der Waals surface area contributed by atoms with Gasteiger partial charge in [-0.05, 0) is 26.1 Å². The Kier molecular flexibility index (Phi) is 3.98. The van der Waals surface area contributed by atoms with E-state index in [0.29, 0.717) is 4.99 Å². The van der Waals surface area contributed by atoms with Crippen LogP contribution >= 0.6 is 12.2 Å². The molecule has 0 spiro atoms. The van der Waals surface area contributed by atoms with Gasteiger partial charge in [0.05, 0.1) is 16.7 Å². The van der Waals surface area contributed by atoms with Crippen molar-refractivity contribution in [3.8, 4) is 0 Å². The number of hydrogen-bond donors (Lipinski definition) is 1. The number of rotatable bonds is 4. The molecule has 0 aliphatic rings. The molecule has 1 aromatic rings. The minimum Gasteiger partial charge on any atom is -0.392 e. The van der Waals surface area contributed by atoms with Gasteiger partial charge in [-0.1, -0.05) is 18.3 Å². The topological polar surface area (TPSA) is 42.1 Å².